The molecule has 0 saturated carbocycles. The summed E-state index contributed by atoms with van der Waals surface area (Å²) in [5.41, 5.74) is 3.41. The Morgan fingerprint density at radius 1 is 1.24 bits per heavy atom. The summed E-state index contributed by atoms with van der Waals surface area (Å²) in [7, 11) is 0. The maximum atomic E-state index is 4.91. The van der Waals surface area contributed by atoms with Crippen LogP contribution in [0, 0.1) is 11.3 Å². The molecular weight excluding hydrogens is 500 g/mol. The van der Waals surface area contributed by atoms with Gasteiger partial charge in [0.2, 0.25) is 5.82 Å². The fourth-order valence-corrected chi connectivity index (χ4v) is 6.35. The van der Waals surface area contributed by atoms with Gasteiger partial charge in [-0.05, 0) is 58.2 Å². The number of hydrogen-bond donors (Lipinski definition) is 0. The van der Waals surface area contributed by atoms with E-state index in [1.54, 1.807) is 17.0 Å². The number of thiophene rings is 1. The molecule has 0 aliphatic heterocycles. The quantitative estimate of drug-likeness (QED) is 0.315. The highest BCUT2D eigenvalue weighted by Gasteiger charge is 2.33. The molecular formula is C23H25BrN8S. The van der Waals surface area contributed by atoms with Crippen molar-refractivity contribution in [1.82, 2.24) is 39.1 Å². The third kappa shape index (κ3) is 3.59. The first kappa shape index (κ1) is 21.0. The molecule has 0 fully saturated rings. The third-order valence-corrected chi connectivity index (χ3v) is 8.74. The lowest BCUT2D eigenvalue weighted by Gasteiger charge is -2.36. The van der Waals surface area contributed by atoms with Crippen LogP contribution in [0.4, 0.5) is 0 Å². The van der Waals surface area contributed by atoms with Gasteiger partial charge in [0.25, 0.3) is 0 Å². The summed E-state index contributed by atoms with van der Waals surface area (Å²) in [6.45, 7) is 7.64. The molecule has 5 heterocycles. The van der Waals surface area contributed by atoms with Crippen LogP contribution in [0.1, 0.15) is 44.1 Å². The number of aromatic nitrogens is 8. The van der Waals surface area contributed by atoms with E-state index in [2.05, 4.69) is 46.9 Å². The van der Waals surface area contributed by atoms with Crippen LogP contribution in [0.2, 0.25) is 0 Å². The van der Waals surface area contributed by atoms with Crippen molar-refractivity contribution in [3.8, 4) is 11.5 Å². The lowest BCUT2D eigenvalue weighted by Crippen LogP contribution is -2.28. The van der Waals surface area contributed by atoms with E-state index in [9.17, 15) is 0 Å². The van der Waals surface area contributed by atoms with Gasteiger partial charge in [-0.1, -0.05) is 27.2 Å². The molecule has 0 aromatic carbocycles. The van der Waals surface area contributed by atoms with E-state index < -0.39 is 0 Å². The fourth-order valence-electron chi connectivity index (χ4n) is 4.76. The highest BCUT2D eigenvalue weighted by atomic mass is 79.9. The number of halogens is 1. The minimum absolute atomic E-state index is 0.365. The van der Waals surface area contributed by atoms with Crippen molar-refractivity contribution in [3.05, 3.63) is 45.9 Å². The zero-order valence-corrected chi connectivity index (χ0v) is 21.3. The Bertz CT molecular complexity index is 1470. The Hall–Kier alpha value is -2.59. The summed E-state index contributed by atoms with van der Waals surface area (Å²) in [6.07, 6.45) is 12.0. The van der Waals surface area contributed by atoms with Crippen molar-refractivity contribution in [2.75, 3.05) is 0 Å². The van der Waals surface area contributed by atoms with E-state index in [0.29, 0.717) is 23.8 Å². The lowest BCUT2D eigenvalue weighted by atomic mass is 9.70. The molecule has 6 rings (SSSR count). The molecule has 0 N–H and O–H groups in total. The molecule has 5 aromatic rings. The van der Waals surface area contributed by atoms with Gasteiger partial charge in [-0.2, -0.15) is 10.2 Å². The molecule has 1 atom stereocenters. The van der Waals surface area contributed by atoms with Crippen molar-refractivity contribution in [1.29, 1.82) is 0 Å². The first-order chi connectivity index (χ1) is 15.9. The molecule has 1 aliphatic rings. The number of aryl methyl sites for hydroxylation is 1. The van der Waals surface area contributed by atoms with Gasteiger partial charge >= 0.3 is 0 Å². The molecule has 5 aromatic heterocycles. The summed E-state index contributed by atoms with van der Waals surface area (Å²) in [6, 6.07) is 1.94. The maximum absolute atomic E-state index is 4.91. The number of rotatable bonds is 5. The highest BCUT2D eigenvalue weighted by Crippen LogP contribution is 2.45. The van der Waals surface area contributed by atoms with E-state index in [0.717, 1.165) is 33.5 Å². The van der Waals surface area contributed by atoms with Crippen LogP contribution in [0.3, 0.4) is 0 Å². The van der Waals surface area contributed by atoms with Crippen molar-refractivity contribution in [2.45, 2.75) is 53.1 Å². The Morgan fingerprint density at radius 2 is 2.12 bits per heavy atom. The molecule has 33 heavy (non-hydrogen) atoms. The summed E-state index contributed by atoms with van der Waals surface area (Å²) in [5, 5.41) is 14.8. The molecule has 0 saturated heterocycles. The Balaban J connectivity index is 1.36. The van der Waals surface area contributed by atoms with Gasteiger partial charge in [-0.15, -0.1) is 16.4 Å². The standard InChI is InChI=1S/C23H25BrN8S/c1-4-23(2,3)14-5-6-16-18(9-14)33-22-19(16)21-27-20(29-32(21)12-25-22)17-7-8-30(28-17)13-31-11-15(24)10-26-31/h7-8,10-12,14H,4-6,9,13H2,1-3H3. The summed E-state index contributed by atoms with van der Waals surface area (Å²) >= 11 is 5.26. The lowest BCUT2D eigenvalue weighted by molar-refractivity contribution is 0.184. The monoisotopic (exact) mass is 524 g/mol. The van der Waals surface area contributed by atoms with E-state index in [4.69, 9.17) is 15.1 Å². The van der Waals surface area contributed by atoms with Crippen LogP contribution in [-0.2, 0) is 19.5 Å². The van der Waals surface area contributed by atoms with Crippen molar-refractivity contribution in [3.63, 3.8) is 0 Å². The van der Waals surface area contributed by atoms with E-state index >= 15 is 0 Å². The average Bonchev–Trinajstić information content (AvgIpc) is 3.57. The zero-order chi connectivity index (χ0) is 22.7. The highest BCUT2D eigenvalue weighted by molar-refractivity contribution is 9.10. The minimum Gasteiger partial charge on any atom is -0.250 e. The maximum Gasteiger partial charge on any atom is 0.202 e. The van der Waals surface area contributed by atoms with Crippen LogP contribution >= 0.6 is 27.3 Å². The van der Waals surface area contributed by atoms with E-state index in [1.165, 1.54) is 28.7 Å². The molecule has 1 unspecified atom stereocenters. The molecule has 0 amide bonds. The summed E-state index contributed by atoms with van der Waals surface area (Å²) in [4.78, 5) is 12.2. The van der Waals surface area contributed by atoms with Crippen LogP contribution in [0.25, 0.3) is 27.4 Å². The average molecular weight is 525 g/mol. The first-order valence-corrected chi connectivity index (χ1v) is 12.9. The van der Waals surface area contributed by atoms with Gasteiger partial charge in [0, 0.05) is 17.3 Å². The van der Waals surface area contributed by atoms with Crippen LogP contribution in [0.15, 0.2) is 35.5 Å². The third-order valence-electron chi connectivity index (χ3n) is 7.16. The summed E-state index contributed by atoms with van der Waals surface area (Å²) in [5.74, 6) is 1.33. The van der Waals surface area contributed by atoms with Crippen LogP contribution < -0.4 is 0 Å². The van der Waals surface area contributed by atoms with Crippen molar-refractivity contribution >= 4 is 43.1 Å². The molecule has 1 aliphatic carbocycles. The van der Waals surface area contributed by atoms with E-state index in [1.807, 2.05) is 39.2 Å². The molecule has 8 nitrogen and oxygen atoms in total. The summed E-state index contributed by atoms with van der Waals surface area (Å²) < 4.78 is 6.39. The second-order valence-electron chi connectivity index (χ2n) is 9.49. The van der Waals surface area contributed by atoms with Gasteiger partial charge in [0.1, 0.15) is 23.5 Å². The topological polar surface area (TPSA) is 78.7 Å². The smallest absolute Gasteiger partial charge is 0.202 e. The molecule has 170 valence electrons. The Labute approximate surface area is 203 Å². The van der Waals surface area contributed by atoms with Gasteiger partial charge in [-0.3, -0.25) is 4.68 Å². The molecule has 0 radical (unpaired) electrons. The Kier molecular flexibility index (Phi) is 4.91. The largest absolute Gasteiger partial charge is 0.250 e. The zero-order valence-electron chi connectivity index (χ0n) is 18.9. The predicted molar refractivity (Wildman–Crippen MR) is 132 cm³/mol. The van der Waals surface area contributed by atoms with Gasteiger partial charge in [0.15, 0.2) is 5.65 Å². The number of nitrogens with zero attached hydrogens (tertiary/aromatic N) is 8. The molecule has 0 spiro atoms. The van der Waals surface area contributed by atoms with E-state index in [-0.39, 0.29) is 0 Å². The van der Waals surface area contributed by atoms with Gasteiger partial charge in [0.05, 0.1) is 16.1 Å². The molecule has 0 bridgehead atoms. The predicted octanol–water partition coefficient (Wildman–Crippen LogP) is 5.21. The minimum atomic E-state index is 0.365. The van der Waals surface area contributed by atoms with Crippen molar-refractivity contribution < 1.29 is 0 Å². The van der Waals surface area contributed by atoms with Crippen LogP contribution in [-0.4, -0.2) is 39.1 Å². The Morgan fingerprint density at radius 3 is 2.91 bits per heavy atom. The van der Waals surface area contributed by atoms with Crippen molar-refractivity contribution in [2.24, 2.45) is 11.3 Å². The van der Waals surface area contributed by atoms with Gasteiger partial charge in [-0.25, -0.2) is 19.2 Å². The normalized spacial score (nSPS) is 16.7. The SMILES string of the molecule is CCC(C)(C)C1CCc2c(sc3ncn4nc(-c5ccn(Cn6cc(Br)cn6)n5)nc4c23)C1. The second kappa shape index (κ2) is 7.73. The van der Waals surface area contributed by atoms with Crippen LogP contribution in [0.5, 0.6) is 0 Å². The fraction of sp³-hybridized carbons (Fsp3) is 0.435. The van der Waals surface area contributed by atoms with Gasteiger partial charge < -0.3 is 0 Å². The number of fused-ring (bicyclic) bond motifs is 5. The number of hydrogen-bond acceptors (Lipinski definition) is 6. The molecule has 10 heteroatoms. The second-order valence-corrected chi connectivity index (χ2v) is 11.5. The first-order valence-electron chi connectivity index (χ1n) is 11.3.